The third-order valence-electron chi connectivity index (χ3n) is 3.75. The molecule has 2 fully saturated rings. The average Bonchev–Trinajstić information content (AvgIpc) is 2.13. The fourth-order valence-electron chi connectivity index (χ4n) is 2.85. The zero-order chi connectivity index (χ0) is 11.8. The summed E-state index contributed by atoms with van der Waals surface area (Å²) >= 11 is 0. The first-order valence-electron chi connectivity index (χ1n) is 6.42. The number of likely N-dealkylation sites (tertiary alicyclic amines) is 1. The number of hydrogen-bond acceptors (Lipinski definition) is 3. The van der Waals surface area contributed by atoms with Crippen molar-refractivity contribution in [2.45, 2.75) is 39.2 Å². The van der Waals surface area contributed by atoms with Gasteiger partial charge < -0.3 is 14.7 Å². The first kappa shape index (κ1) is 12.3. The quantitative estimate of drug-likeness (QED) is 0.776. The minimum atomic E-state index is -0.492. The molecule has 0 radical (unpaired) electrons. The van der Waals surface area contributed by atoms with Gasteiger partial charge in [0.2, 0.25) is 0 Å². The van der Waals surface area contributed by atoms with E-state index < -0.39 is 5.60 Å². The van der Waals surface area contributed by atoms with Crippen LogP contribution >= 0.6 is 0 Å². The highest BCUT2D eigenvalue weighted by atomic mass is 16.5. The molecule has 2 rings (SSSR count). The van der Waals surface area contributed by atoms with E-state index in [1.54, 1.807) is 0 Å². The Morgan fingerprint density at radius 1 is 1.25 bits per heavy atom. The lowest BCUT2D eigenvalue weighted by molar-refractivity contribution is -0.214. The monoisotopic (exact) mass is 227 g/mol. The van der Waals surface area contributed by atoms with Gasteiger partial charge in [-0.25, -0.2) is 0 Å². The smallest absolute Gasteiger partial charge is 0.114 e. The van der Waals surface area contributed by atoms with Gasteiger partial charge in [-0.05, 0) is 37.3 Å². The van der Waals surface area contributed by atoms with E-state index in [-0.39, 0.29) is 0 Å². The predicted octanol–water partition coefficient (Wildman–Crippen LogP) is 1.51. The molecular formula is C13H25NO2. The van der Waals surface area contributed by atoms with Gasteiger partial charge in [0, 0.05) is 6.54 Å². The van der Waals surface area contributed by atoms with Gasteiger partial charge in [0.15, 0.2) is 0 Å². The maximum Gasteiger partial charge on any atom is 0.114 e. The zero-order valence-corrected chi connectivity index (χ0v) is 10.8. The third kappa shape index (κ3) is 2.76. The summed E-state index contributed by atoms with van der Waals surface area (Å²) in [6, 6.07) is 0. The molecule has 0 aliphatic carbocycles. The maximum atomic E-state index is 10.2. The second-order valence-electron chi connectivity index (χ2n) is 6.71. The van der Waals surface area contributed by atoms with Crippen LogP contribution in [-0.2, 0) is 4.74 Å². The van der Waals surface area contributed by atoms with Crippen molar-refractivity contribution in [3.8, 4) is 0 Å². The van der Waals surface area contributed by atoms with E-state index in [1.165, 1.54) is 0 Å². The Kier molecular flexibility index (Phi) is 3.30. The molecule has 1 N–H and O–H groups in total. The van der Waals surface area contributed by atoms with Crippen molar-refractivity contribution in [3.05, 3.63) is 0 Å². The van der Waals surface area contributed by atoms with Crippen molar-refractivity contribution in [1.29, 1.82) is 0 Å². The molecule has 94 valence electrons. The van der Waals surface area contributed by atoms with E-state index in [0.29, 0.717) is 24.5 Å². The van der Waals surface area contributed by atoms with Crippen molar-refractivity contribution in [2.24, 2.45) is 11.3 Å². The Balaban J connectivity index is 1.78. The summed E-state index contributed by atoms with van der Waals surface area (Å²) in [5.41, 5.74) is -0.114. The number of hydrogen-bond donors (Lipinski definition) is 1. The van der Waals surface area contributed by atoms with E-state index in [0.717, 1.165) is 32.5 Å². The van der Waals surface area contributed by atoms with E-state index in [2.05, 4.69) is 25.7 Å². The number of aliphatic hydroxyl groups is 1. The van der Waals surface area contributed by atoms with Crippen molar-refractivity contribution >= 4 is 0 Å². The predicted molar refractivity (Wildman–Crippen MR) is 64.4 cm³/mol. The van der Waals surface area contributed by atoms with Crippen LogP contribution in [0.4, 0.5) is 0 Å². The average molecular weight is 227 g/mol. The van der Waals surface area contributed by atoms with Gasteiger partial charge in [0.05, 0.1) is 13.2 Å². The summed E-state index contributed by atoms with van der Waals surface area (Å²) in [5, 5.41) is 10.2. The van der Waals surface area contributed by atoms with E-state index in [1.807, 2.05) is 0 Å². The second kappa shape index (κ2) is 4.28. The summed E-state index contributed by atoms with van der Waals surface area (Å²) in [5.74, 6) is 0.456. The largest absolute Gasteiger partial charge is 0.385 e. The Hall–Kier alpha value is -0.120. The highest BCUT2D eigenvalue weighted by Crippen LogP contribution is 2.34. The lowest BCUT2D eigenvalue weighted by Gasteiger charge is -2.46. The number of ether oxygens (including phenoxy) is 1. The van der Waals surface area contributed by atoms with Gasteiger partial charge in [-0.3, -0.25) is 0 Å². The lowest BCUT2D eigenvalue weighted by Crippen LogP contribution is -2.57. The molecule has 0 spiro atoms. The highest BCUT2D eigenvalue weighted by Gasteiger charge is 2.44. The first-order valence-corrected chi connectivity index (χ1v) is 6.42. The van der Waals surface area contributed by atoms with Gasteiger partial charge in [-0.2, -0.15) is 0 Å². The van der Waals surface area contributed by atoms with Crippen molar-refractivity contribution in [2.75, 3.05) is 32.8 Å². The Labute approximate surface area is 98.8 Å². The minimum Gasteiger partial charge on any atom is -0.385 e. The molecule has 0 bridgehead atoms. The fraction of sp³-hybridized carbons (Fsp3) is 1.00. The van der Waals surface area contributed by atoms with Crippen molar-refractivity contribution in [1.82, 2.24) is 4.90 Å². The topological polar surface area (TPSA) is 32.7 Å². The summed E-state index contributed by atoms with van der Waals surface area (Å²) in [7, 11) is 0. The molecule has 0 aromatic carbocycles. The standard InChI is InChI=1S/C13H25NO2/c1-12(2,3)8-14-6-4-11(5-7-14)13(15)9-16-10-13/h11,15H,4-10H2,1-3H3. The molecule has 0 aromatic heterocycles. The molecule has 0 amide bonds. The first-order chi connectivity index (χ1) is 7.39. The highest BCUT2D eigenvalue weighted by molar-refractivity contribution is 4.94. The van der Waals surface area contributed by atoms with Gasteiger partial charge in [0.25, 0.3) is 0 Å². The summed E-state index contributed by atoms with van der Waals surface area (Å²) < 4.78 is 5.13. The molecule has 16 heavy (non-hydrogen) atoms. The molecule has 3 nitrogen and oxygen atoms in total. The molecule has 0 unspecified atom stereocenters. The van der Waals surface area contributed by atoms with E-state index in [9.17, 15) is 5.11 Å². The molecule has 3 heteroatoms. The molecule has 2 aliphatic rings. The van der Waals surface area contributed by atoms with E-state index in [4.69, 9.17) is 4.74 Å². The van der Waals surface area contributed by atoms with Crippen LogP contribution in [0.2, 0.25) is 0 Å². The number of piperidine rings is 1. The summed E-state index contributed by atoms with van der Waals surface area (Å²) in [4.78, 5) is 2.53. The Bertz CT molecular complexity index is 235. The Morgan fingerprint density at radius 3 is 2.19 bits per heavy atom. The third-order valence-corrected chi connectivity index (χ3v) is 3.75. The second-order valence-corrected chi connectivity index (χ2v) is 6.71. The Morgan fingerprint density at radius 2 is 1.81 bits per heavy atom. The minimum absolute atomic E-state index is 0.378. The maximum absolute atomic E-state index is 10.2. The van der Waals surface area contributed by atoms with E-state index >= 15 is 0 Å². The number of nitrogens with zero attached hydrogens (tertiary/aromatic N) is 1. The van der Waals surface area contributed by atoms with Gasteiger partial charge in [-0.15, -0.1) is 0 Å². The van der Waals surface area contributed by atoms with Gasteiger partial charge >= 0.3 is 0 Å². The molecule has 2 heterocycles. The van der Waals surface area contributed by atoms with Crippen LogP contribution in [0.3, 0.4) is 0 Å². The van der Waals surface area contributed by atoms with Crippen molar-refractivity contribution < 1.29 is 9.84 Å². The molecule has 0 aromatic rings. The SMILES string of the molecule is CC(C)(C)CN1CCC(C2(O)COC2)CC1. The molecule has 2 aliphatic heterocycles. The summed E-state index contributed by atoms with van der Waals surface area (Å²) in [6.07, 6.45) is 2.24. The van der Waals surface area contributed by atoms with Gasteiger partial charge in [0.1, 0.15) is 5.60 Å². The van der Waals surface area contributed by atoms with Crippen LogP contribution in [0.25, 0.3) is 0 Å². The fourth-order valence-corrected chi connectivity index (χ4v) is 2.85. The normalized spacial score (nSPS) is 27.8. The molecule has 0 atom stereocenters. The van der Waals surface area contributed by atoms with Crippen LogP contribution in [-0.4, -0.2) is 48.5 Å². The van der Waals surface area contributed by atoms with Crippen LogP contribution in [0.5, 0.6) is 0 Å². The van der Waals surface area contributed by atoms with Crippen LogP contribution < -0.4 is 0 Å². The zero-order valence-electron chi connectivity index (χ0n) is 10.8. The van der Waals surface area contributed by atoms with Crippen LogP contribution in [0.15, 0.2) is 0 Å². The molecular weight excluding hydrogens is 202 g/mol. The lowest BCUT2D eigenvalue weighted by atomic mass is 9.79. The molecule has 0 saturated carbocycles. The van der Waals surface area contributed by atoms with Crippen LogP contribution in [0, 0.1) is 11.3 Å². The van der Waals surface area contributed by atoms with Gasteiger partial charge in [-0.1, -0.05) is 20.8 Å². The summed E-state index contributed by atoms with van der Waals surface area (Å²) in [6.45, 7) is 11.4. The van der Waals surface area contributed by atoms with Crippen LogP contribution in [0.1, 0.15) is 33.6 Å². The molecule has 2 saturated heterocycles. The van der Waals surface area contributed by atoms with Crippen molar-refractivity contribution in [3.63, 3.8) is 0 Å². The number of rotatable bonds is 2.